The normalized spacial score (nSPS) is 11.7. The summed E-state index contributed by atoms with van der Waals surface area (Å²) in [4.78, 5) is 0. The van der Waals surface area contributed by atoms with Gasteiger partial charge in [-0.2, -0.15) is 0 Å². The summed E-state index contributed by atoms with van der Waals surface area (Å²) in [6.07, 6.45) is 0.945. The molecule has 0 aromatic carbocycles. The van der Waals surface area contributed by atoms with Gasteiger partial charge in [0.15, 0.2) is 0 Å². The van der Waals surface area contributed by atoms with Crippen LogP contribution in [-0.4, -0.2) is 19.8 Å². The standard InChI is InChI=1S/C10H21NO/c1-9(2)5-6-12-8-10(3,4)7-11/h1,5-8,11H2,2-4H3. The lowest BCUT2D eigenvalue weighted by atomic mass is 9.95. The van der Waals surface area contributed by atoms with Crippen molar-refractivity contribution in [1.82, 2.24) is 0 Å². The van der Waals surface area contributed by atoms with Crippen molar-refractivity contribution in [2.75, 3.05) is 19.8 Å². The number of hydrogen-bond acceptors (Lipinski definition) is 2. The molecule has 2 nitrogen and oxygen atoms in total. The van der Waals surface area contributed by atoms with Gasteiger partial charge in [0.1, 0.15) is 0 Å². The molecule has 0 atom stereocenters. The lowest BCUT2D eigenvalue weighted by Gasteiger charge is -2.21. The zero-order valence-electron chi connectivity index (χ0n) is 8.52. The van der Waals surface area contributed by atoms with E-state index in [1.807, 2.05) is 6.92 Å². The van der Waals surface area contributed by atoms with Crippen LogP contribution in [0.25, 0.3) is 0 Å². The van der Waals surface area contributed by atoms with Crippen LogP contribution in [0.1, 0.15) is 27.2 Å². The summed E-state index contributed by atoms with van der Waals surface area (Å²) < 4.78 is 5.46. The van der Waals surface area contributed by atoms with E-state index in [4.69, 9.17) is 10.5 Å². The fraction of sp³-hybridized carbons (Fsp3) is 0.800. The molecule has 2 N–H and O–H groups in total. The summed E-state index contributed by atoms with van der Waals surface area (Å²) in [7, 11) is 0. The van der Waals surface area contributed by atoms with Crippen LogP contribution in [0.15, 0.2) is 12.2 Å². The summed E-state index contributed by atoms with van der Waals surface area (Å²) in [5.74, 6) is 0. The third-order valence-corrected chi connectivity index (χ3v) is 1.72. The molecule has 0 aliphatic carbocycles. The predicted octanol–water partition coefficient (Wildman–Crippen LogP) is 1.95. The van der Waals surface area contributed by atoms with Crippen molar-refractivity contribution in [3.8, 4) is 0 Å². The highest BCUT2D eigenvalue weighted by molar-refractivity contribution is 4.87. The fourth-order valence-electron chi connectivity index (χ4n) is 0.654. The average Bonchev–Trinajstić information content (AvgIpc) is 1.98. The van der Waals surface area contributed by atoms with E-state index in [9.17, 15) is 0 Å². The molecule has 0 aromatic heterocycles. The van der Waals surface area contributed by atoms with Crippen LogP contribution in [0.5, 0.6) is 0 Å². The van der Waals surface area contributed by atoms with Crippen molar-refractivity contribution in [1.29, 1.82) is 0 Å². The quantitative estimate of drug-likeness (QED) is 0.490. The molecule has 0 rings (SSSR count). The van der Waals surface area contributed by atoms with Crippen molar-refractivity contribution < 1.29 is 4.74 Å². The Hall–Kier alpha value is -0.340. The maximum atomic E-state index is 5.55. The highest BCUT2D eigenvalue weighted by Gasteiger charge is 2.14. The third kappa shape index (κ3) is 6.38. The second-order valence-corrected chi connectivity index (χ2v) is 4.13. The van der Waals surface area contributed by atoms with Gasteiger partial charge in [0.05, 0.1) is 13.2 Å². The summed E-state index contributed by atoms with van der Waals surface area (Å²) in [5.41, 5.74) is 6.82. The van der Waals surface area contributed by atoms with Gasteiger partial charge in [-0.25, -0.2) is 0 Å². The molecule has 0 aromatic rings. The molecule has 72 valence electrons. The minimum Gasteiger partial charge on any atom is -0.381 e. The molecule has 0 aliphatic rings. The lowest BCUT2D eigenvalue weighted by Crippen LogP contribution is -2.29. The van der Waals surface area contributed by atoms with Crippen LogP contribution in [0.4, 0.5) is 0 Å². The van der Waals surface area contributed by atoms with E-state index in [1.165, 1.54) is 5.57 Å². The topological polar surface area (TPSA) is 35.2 Å². The summed E-state index contributed by atoms with van der Waals surface area (Å²) >= 11 is 0. The first-order valence-corrected chi connectivity index (χ1v) is 4.40. The molecule has 0 saturated heterocycles. The van der Waals surface area contributed by atoms with Crippen molar-refractivity contribution >= 4 is 0 Å². The Kier molecular flexibility index (Phi) is 5.18. The van der Waals surface area contributed by atoms with Crippen LogP contribution in [0, 0.1) is 5.41 Å². The molecule has 0 heterocycles. The summed E-state index contributed by atoms with van der Waals surface area (Å²) in [6, 6.07) is 0. The molecule has 0 unspecified atom stereocenters. The van der Waals surface area contributed by atoms with Crippen molar-refractivity contribution in [3.63, 3.8) is 0 Å². The number of hydrogen-bond donors (Lipinski definition) is 1. The highest BCUT2D eigenvalue weighted by Crippen LogP contribution is 2.12. The van der Waals surface area contributed by atoms with Gasteiger partial charge in [0.2, 0.25) is 0 Å². The lowest BCUT2D eigenvalue weighted by molar-refractivity contribution is 0.0685. The summed E-state index contributed by atoms with van der Waals surface area (Å²) in [5, 5.41) is 0. The molecule has 0 radical (unpaired) electrons. The van der Waals surface area contributed by atoms with Gasteiger partial charge in [-0.05, 0) is 19.9 Å². The molecule has 12 heavy (non-hydrogen) atoms. The molecule has 0 bridgehead atoms. The molecular formula is C10H21NO. The Morgan fingerprint density at radius 1 is 1.50 bits per heavy atom. The fourth-order valence-corrected chi connectivity index (χ4v) is 0.654. The van der Waals surface area contributed by atoms with Gasteiger partial charge in [-0.3, -0.25) is 0 Å². The highest BCUT2D eigenvalue weighted by atomic mass is 16.5. The third-order valence-electron chi connectivity index (χ3n) is 1.72. The zero-order valence-corrected chi connectivity index (χ0v) is 8.52. The van der Waals surface area contributed by atoms with E-state index in [0.29, 0.717) is 6.54 Å². The summed E-state index contributed by atoms with van der Waals surface area (Å²) in [6.45, 7) is 12.2. The number of ether oxygens (including phenoxy) is 1. The smallest absolute Gasteiger partial charge is 0.0529 e. The molecule has 0 spiro atoms. The van der Waals surface area contributed by atoms with E-state index < -0.39 is 0 Å². The zero-order chi connectivity index (χ0) is 9.61. The first-order chi connectivity index (χ1) is 5.48. The Morgan fingerprint density at radius 2 is 2.08 bits per heavy atom. The van der Waals surface area contributed by atoms with Gasteiger partial charge in [0.25, 0.3) is 0 Å². The van der Waals surface area contributed by atoms with E-state index in [1.54, 1.807) is 0 Å². The monoisotopic (exact) mass is 171 g/mol. The molecular weight excluding hydrogens is 150 g/mol. The second kappa shape index (κ2) is 5.33. The van der Waals surface area contributed by atoms with Crippen molar-refractivity contribution in [2.24, 2.45) is 11.1 Å². The van der Waals surface area contributed by atoms with Crippen LogP contribution < -0.4 is 5.73 Å². The van der Waals surface area contributed by atoms with Gasteiger partial charge in [-0.15, -0.1) is 6.58 Å². The maximum absolute atomic E-state index is 5.55. The molecule has 2 heteroatoms. The Morgan fingerprint density at radius 3 is 2.50 bits per heavy atom. The van der Waals surface area contributed by atoms with E-state index in [-0.39, 0.29) is 5.41 Å². The van der Waals surface area contributed by atoms with Crippen LogP contribution in [-0.2, 0) is 4.74 Å². The van der Waals surface area contributed by atoms with Gasteiger partial charge < -0.3 is 10.5 Å². The minimum absolute atomic E-state index is 0.106. The number of rotatable bonds is 6. The first-order valence-electron chi connectivity index (χ1n) is 4.40. The average molecular weight is 171 g/mol. The first kappa shape index (κ1) is 11.7. The molecule has 0 amide bonds. The van der Waals surface area contributed by atoms with Gasteiger partial charge >= 0.3 is 0 Å². The Bertz CT molecular complexity index is 141. The molecule has 0 saturated carbocycles. The van der Waals surface area contributed by atoms with Gasteiger partial charge in [0, 0.05) is 5.41 Å². The maximum Gasteiger partial charge on any atom is 0.0529 e. The van der Waals surface area contributed by atoms with Gasteiger partial charge in [-0.1, -0.05) is 19.4 Å². The largest absolute Gasteiger partial charge is 0.381 e. The van der Waals surface area contributed by atoms with Crippen molar-refractivity contribution in [3.05, 3.63) is 12.2 Å². The van der Waals surface area contributed by atoms with Crippen LogP contribution in [0.3, 0.4) is 0 Å². The SMILES string of the molecule is C=C(C)CCOCC(C)(C)CN. The van der Waals surface area contributed by atoms with E-state index in [0.717, 1.165) is 19.6 Å². The Labute approximate surface area is 75.8 Å². The minimum atomic E-state index is 0.106. The Balaban J connectivity index is 3.37. The predicted molar refractivity (Wildman–Crippen MR) is 53.1 cm³/mol. The molecule has 0 aliphatic heterocycles. The van der Waals surface area contributed by atoms with Crippen molar-refractivity contribution in [2.45, 2.75) is 27.2 Å². The van der Waals surface area contributed by atoms with E-state index >= 15 is 0 Å². The van der Waals surface area contributed by atoms with E-state index in [2.05, 4.69) is 20.4 Å². The second-order valence-electron chi connectivity index (χ2n) is 4.13. The number of nitrogens with two attached hydrogens (primary N) is 1. The van der Waals surface area contributed by atoms with Crippen LogP contribution >= 0.6 is 0 Å². The van der Waals surface area contributed by atoms with Crippen LogP contribution in [0.2, 0.25) is 0 Å². The molecule has 0 fully saturated rings.